The van der Waals surface area contributed by atoms with Crippen LogP contribution in [0.5, 0.6) is 0 Å². The number of carbonyl (C=O) groups excluding carboxylic acids is 1. The Morgan fingerprint density at radius 2 is 2.45 bits per heavy atom. The van der Waals surface area contributed by atoms with E-state index in [1.165, 1.54) is 17.7 Å². The highest BCUT2D eigenvalue weighted by molar-refractivity contribution is 7.13. The molecule has 3 rings (SSSR count). The number of H-pyrrole nitrogens is 1. The lowest BCUT2D eigenvalue weighted by Gasteiger charge is -2.41. The van der Waals surface area contributed by atoms with Gasteiger partial charge >= 0.3 is 0 Å². The highest BCUT2D eigenvalue weighted by Crippen LogP contribution is 2.33. The first kappa shape index (κ1) is 15.1. The number of rotatable bonds is 4. The van der Waals surface area contributed by atoms with Gasteiger partial charge in [-0.2, -0.15) is 5.10 Å². The summed E-state index contributed by atoms with van der Waals surface area (Å²) in [6.07, 6.45) is 4.16. The van der Waals surface area contributed by atoms with E-state index in [9.17, 15) is 9.90 Å². The Kier molecular flexibility index (Phi) is 4.21. The fraction of sp³-hybridized carbons (Fsp3) is 0.571. The minimum absolute atomic E-state index is 0.0759. The summed E-state index contributed by atoms with van der Waals surface area (Å²) in [5, 5.41) is 18.6. The van der Waals surface area contributed by atoms with Crippen molar-refractivity contribution in [1.82, 2.24) is 25.1 Å². The number of hydrogen-bond acceptors (Lipinski definition) is 6. The molecule has 1 amide bonds. The molecular formula is C14H19N5O2S. The lowest BCUT2D eigenvalue weighted by atomic mass is 9.78. The van der Waals surface area contributed by atoms with Gasteiger partial charge in [0.1, 0.15) is 12.0 Å². The third-order valence-corrected chi connectivity index (χ3v) is 5.22. The van der Waals surface area contributed by atoms with Crippen molar-refractivity contribution in [3.63, 3.8) is 0 Å². The van der Waals surface area contributed by atoms with Crippen LogP contribution in [-0.2, 0) is 0 Å². The Morgan fingerprint density at radius 3 is 3.14 bits per heavy atom. The zero-order chi connectivity index (χ0) is 15.6. The zero-order valence-corrected chi connectivity index (χ0v) is 13.3. The van der Waals surface area contributed by atoms with Crippen LogP contribution in [0.2, 0.25) is 0 Å². The lowest BCUT2D eigenvalue weighted by Crippen LogP contribution is -2.47. The maximum atomic E-state index is 12.6. The standard InChI is InChI=1S/C14H19N5O2S/c1-2-14(8-20)4-3-5-19(7-14)13(21)10-6-22-12(17-10)11-15-9-16-18-11/h6,9,20H,2-5,7-8H2,1H3,(H,15,16,18). The molecule has 0 bridgehead atoms. The Hall–Kier alpha value is -1.80. The minimum atomic E-state index is -0.169. The number of aromatic nitrogens is 4. The number of thiazole rings is 1. The molecule has 118 valence electrons. The van der Waals surface area contributed by atoms with Crippen LogP contribution >= 0.6 is 11.3 Å². The van der Waals surface area contributed by atoms with Crippen LogP contribution in [-0.4, -0.2) is 55.8 Å². The molecule has 1 atom stereocenters. The summed E-state index contributed by atoms with van der Waals surface area (Å²) >= 11 is 1.37. The van der Waals surface area contributed by atoms with E-state index >= 15 is 0 Å². The second kappa shape index (κ2) is 6.13. The first-order valence-corrected chi connectivity index (χ1v) is 8.27. The molecule has 0 spiro atoms. The van der Waals surface area contributed by atoms with Crippen molar-refractivity contribution in [3.8, 4) is 10.8 Å². The third kappa shape index (κ3) is 2.76. The highest BCUT2D eigenvalue weighted by atomic mass is 32.1. The Bertz CT molecular complexity index is 635. The molecule has 2 aromatic rings. The van der Waals surface area contributed by atoms with Gasteiger partial charge in [0.25, 0.3) is 5.91 Å². The summed E-state index contributed by atoms with van der Waals surface area (Å²) in [5.74, 6) is 0.494. The smallest absolute Gasteiger partial charge is 0.273 e. The SMILES string of the molecule is CCC1(CO)CCCN(C(=O)c2csc(-c3ncn[nH]3)n2)C1. The van der Waals surface area contributed by atoms with Crippen LogP contribution in [0.25, 0.3) is 10.8 Å². The topological polar surface area (TPSA) is 95.0 Å². The normalized spacial score (nSPS) is 22.0. The molecule has 3 heterocycles. The molecule has 7 nitrogen and oxygen atoms in total. The Balaban J connectivity index is 1.76. The van der Waals surface area contributed by atoms with E-state index in [1.807, 2.05) is 4.90 Å². The average molecular weight is 321 g/mol. The van der Waals surface area contributed by atoms with Crippen LogP contribution < -0.4 is 0 Å². The maximum absolute atomic E-state index is 12.6. The first-order valence-electron chi connectivity index (χ1n) is 7.39. The van der Waals surface area contributed by atoms with Crippen molar-refractivity contribution in [2.24, 2.45) is 5.41 Å². The number of nitrogens with zero attached hydrogens (tertiary/aromatic N) is 4. The molecule has 0 saturated carbocycles. The van der Waals surface area contributed by atoms with Crippen molar-refractivity contribution in [2.75, 3.05) is 19.7 Å². The fourth-order valence-electron chi connectivity index (χ4n) is 2.86. The van der Waals surface area contributed by atoms with Crippen LogP contribution in [0.15, 0.2) is 11.7 Å². The van der Waals surface area contributed by atoms with E-state index in [-0.39, 0.29) is 17.9 Å². The molecule has 1 aliphatic heterocycles. The molecule has 2 aromatic heterocycles. The molecule has 1 unspecified atom stereocenters. The molecule has 2 N–H and O–H groups in total. The van der Waals surface area contributed by atoms with Gasteiger partial charge in [0.2, 0.25) is 0 Å². The monoisotopic (exact) mass is 321 g/mol. The zero-order valence-electron chi connectivity index (χ0n) is 12.4. The number of hydrogen-bond donors (Lipinski definition) is 2. The predicted molar refractivity (Wildman–Crippen MR) is 82.4 cm³/mol. The molecule has 0 radical (unpaired) electrons. The molecule has 22 heavy (non-hydrogen) atoms. The predicted octanol–water partition coefficient (Wildman–Crippen LogP) is 1.55. The van der Waals surface area contributed by atoms with Crippen LogP contribution in [0.1, 0.15) is 36.7 Å². The maximum Gasteiger partial charge on any atom is 0.273 e. The summed E-state index contributed by atoms with van der Waals surface area (Å²) in [5.41, 5.74) is 0.263. The van der Waals surface area contributed by atoms with Crippen LogP contribution in [0.3, 0.4) is 0 Å². The largest absolute Gasteiger partial charge is 0.396 e. The van der Waals surface area contributed by atoms with Gasteiger partial charge in [0, 0.05) is 23.9 Å². The molecule has 0 aliphatic carbocycles. The lowest BCUT2D eigenvalue weighted by molar-refractivity contribution is 0.0248. The van der Waals surface area contributed by atoms with Crippen LogP contribution in [0, 0.1) is 5.41 Å². The van der Waals surface area contributed by atoms with Gasteiger partial charge in [-0.3, -0.25) is 9.89 Å². The molecule has 1 fully saturated rings. The molecular weight excluding hydrogens is 302 g/mol. The van der Waals surface area contributed by atoms with Gasteiger partial charge in [0.05, 0.1) is 6.61 Å². The van der Waals surface area contributed by atoms with Crippen molar-refractivity contribution in [3.05, 3.63) is 17.4 Å². The van der Waals surface area contributed by atoms with E-state index in [0.29, 0.717) is 23.1 Å². The highest BCUT2D eigenvalue weighted by Gasteiger charge is 2.36. The van der Waals surface area contributed by atoms with Gasteiger partial charge in [-0.15, -0.1) is 11.3 Å². The van der Waals surface area contributed by atoms with E-state index in [2.05, 4.69) is 27.1 Å². The number of likely N-dealkylation sites (tertiary alicyclic amines) is 1. The Labute approximate surface area is 132 Å². The number of amides is 1. The van der Waals surface area contributed by atoms with Gasteiger partial charge < -0.3 is 10.0 Å². The van der Waals surface area contributed by atoms with E-state index in [0.717, 1.165) is 25.8 Å². The number of aliphatic hydroxyl groups is 1. The fourth-order valence-corrected chi connectivity index (χ4v) is 3.60. The number of aromatic amines is 1. The van der Waals surface area contributed by atoms with Crippen molar-refractivity contribution >= 4 is 17.2 Å². The van der Waals surface area contributed by atoms with Gasteiger partial charge in [-0.25, -0.2) is 9.97 Å². The number of piperidine rings is 1. The summed E-state index contributed by atoms with van der Waals surface area (Å²) in [6, 6.07) is 0. The van der Waals surface area contributed by atoms with Crippen molar-refractivity contribution in [2.45, 2.75) is 26.2 Å². The van der Waals surface area contributed by atoms with Crippen molar-refractivity contribution < 1.29 is 9.90 Å². The third-order valence-electron chi connectivity index (χ3n) is 4.37. The van der Waals surface area contributed by atoms with Gasteiger partial charge in [-0.1, -0.05) is 6.92 Å². The minimum Gasteiger partial charge on any atom is -0.396 e. The summed E-state index contributed by atoms with van der Waals surface area (Å²) in [7, 11) is 0. The average Bonchev–Trinajstić information content (AvgIpc) is 3.25. The van der Waals surface area contributed by atoms with Crippen LogP contribution in [0.4, 0.5) is 0 Å². The number of aliphatic hydroxyl groups excluding tert-OH is 1. The number of nitrogens with one attached hydrogen (secondary N) is 1. The molecule has 0 aromatic carbocycles. The molecule has 1 saturated heterocycles. The second-order valence-electron chi connectivity index (χ2n) is 5.71. The molecule has 1 aliphatic rings. The summed E-state index contributed by atoms with van der Waals surface area (Å²) < 4.78 is 0. The van der Waals surface area contributed by atoms with E-state index in [1.54, 1.807) is 5.38 Å². The van der Waals surface area contributed by atoms with Crippen molar-refractivity contribution in [1.29, 1.82) is 0 Å². The van der Waals surface area contributed by atoms with E-state index in [4.69, 9.17) is 0 Å². The molecule has 8 heteroatoms. The van der Waals surface area contributed by atoms with E-state index < -0.39 is 0 Å². The summed E-state index contributed by atoms with van der Waals surface area (Å²) in [6.45, 7) is 3.49. The summed E-state index contributed by atoms with van der Waals surface area (Å²) in [4.78, 5) is 22.9. The second-order valence-corrected chi connectivity index (χ2v) is 6.57. The quantitative estimate of drug-likeness (QED) is 0.891. The Morgan fingerprint density at radius 1 is 1.59 bits per heavy atom. The first-order chi connectivity index (χ1) is 10.7. The van der Waals surface area contributed by atoms with Gasteiger partial charge in [0.15, 0.2) is 10.8 Å². The van der Waals surface area contributed by atoms with Gasteiger partial charge in [-0.05, 0) is 19.3 Å². The number of carbonyl (C=O) groups is 1.